The summed E-state index contributed by atoms with van der Waals surface area (Å²) in [6.07, 6.45) is 2.84. The second-order valence-electron chi connectivity index (χ2n) is 4.34. The van der Waals surface area contributed by atoms with E-state index in [1.807, 2.05) is 7.05 Å². The van der Waals surface area contributed by atoms with E-state index in [4.69, 9.17) is 10.5 Å². The highest BCUT2D eigenvalue weighted by Crippen LogP contribution is 1.97. The molecule has 0 heterocycles. The fraction of sp³-hybridized carbons (Fsp3) is 0.917. The number of unbranched alkanes of at least 4 members (excludes halogenated alkanes) is 1. The van der Waals surface area contributed by atoms with Crippen molar-refractivity contribution in [3.05, 3.63) is 0 Å². The van der Waals surface area contributed by atoms with Gasteiger partial charge in [-0.15, -0.1) is 0 Å². The van der Waals surface area contributed by atoms with Gasteiger partial charge in [-0.05, 0) is 13.5 Å². The topological polar surface area (TPSA) is 67.6 Å². The van der Waals surface area contributed by atoms with Crippen LogP contribution in [-0.2, 0) is 9.53 Å². The average molecular weight is 245 g/mol. The first kappa shape index (κ1) is 16.4. The van der Waals surface area contributed by atoms with Crippen molar-refractivity contribution in [2.24, 2.45) is 5.73 Å². The zero-order valence-corrected chi connectivity index (χ0v) is 11.4. The number of amides is 1. The summed E-state index contributed by atoms with van der Waals surface area (Å²) in [5.74, 6) is -0.0430. The van der Waals surface area contributed by atoms with Gasteiger partial charge in [0.15, 0.2) is 0 Å². The molecule has 1 unspecified atom stereocenters. The first-order chi connectivity index (χ1) is 8.11. The molecule has 102 valence electrons. The fourth-order valence-corrected chi connectivity index (χ4v) is 1.42. The first-order valence-electron chi connectivity index (χ1n) is 6.32. The van der Waals surface area contributed by atoms with Crippen LogP contribution in [0.15, 0.2) is 0 Å². The minimum Gasteiger partial charge on any atom is -0.383 e. The summed E-state index contributed by atoms with van der Waals surface area (Å²) >= 11 is 0. The maximum Gasteiger partial charge on any atom is 0.236 e. The Kier molecular flexibility index (Phi) is 10.1. The Morgan fingerprint density at radius 2 is 2.18 bits per heavy atom. The minimum atomic E-state index is -0.362. The Morgan fingerprint density at radius 3 is 2.76 bits per heavy atom. The van der Waals surface area contributed by atoms with Gasteiger partial charge in [0.05, 0.1) is 12.6 Å². The summed E-state index contributed by atoms with van der Waals surface area (Å²) in [6, 6.07) is -0.362. The first-order valence-corrected chi connectivity index (χ1v) is 6.32. The van der Waals surface area contributed by atoms with Gasteiger partial charge in [-0.2, -0.15) is 0 Å². The Hall–Kier alpha value is -0.650. The molecule has 5 nitrogen and oxygen atoms in total. The third-order valence-electron chi connectivity index (χ3n) is 2.68. The van der Waals surface area contributed by atoms with Crippen molar-refractivity contribution in [2.45, 2.75) is 32.2 Å². The summed E-state index contributed by atoms with van der Waals surface area (Å²) in [4.78, 5) is 13.7. The van der Waals surface area contributed by atoms with Crippen LogP contribution in [0, 0.1) is 0 Å². The lowest BCUT2D eigenvalue weighted by atomic mass is 10.1. The van der Waals surface area contributed by atoms with Crippen LogP contribution in [0.1, 0.15) is 26.2 Å². The van der Waals surface area contributed by atoms with E-state index < -0.39 is 0 Å². The summed E-state index contributed by atoms with van der Waals surface area (Å²) < 4.78 is 4.97. The van der Waals surface area contributed by atoms with Crippen LogP contribution in [0.4, 0.5) is 0 Å². The molecule has 0 aliphatic carbocycles. The number of hydrogen-bond donors (Lipinski definition) is 2. The molecule has 0 aromatic rings. The van der Waals surface area contributed by atoms with Gasteiger partial charge in [-0.3, -0.25) is 4.79 Å². The third kappa shape index (κ3) is 9.09. The molecular formula is C12H27N3O2. The molecule has 1 amide bonds. The van der Waals surface area contributed by atoms with Crippen LogP contribution in [-0.4, -0.2) is 57.2 Å². The maximum atomic E-state index is 11.6. The zero-order valence-electron chi connectivity index (χ0n) is 11.4. The van der Waals surface area contributed by atoms with E-state index in [1.54, 1.807) is 7.11 Å². The SMILES string of the molecule is CCCCC(N)C(=O)NCCN(C)CCOC. The van der Waals surface area contributed by atoms with E-state index >= 15 is 0 Å². The number of nitrogens with zero attached hydrogens (tertiary/aromatic N) is 1. The van der Waals surface area contributed by atoms with Crippen molar-refractivity contribution in [3.8, 4) is 0 Å². The Labute approximate surface area is 105 Å². The monoisotopic (exact) mass is 245 g/mol. The van der Waals surface area contributed by atoms with Gasteiger partial charge >= 0.3 is 0 Å². The van der Waals surface area contributed by atoms with Crippen molar-refractivity contribution >= 4 is 5.91 Å². The van der Waals surface area contributed by atoms with Gasteiger partial charge in [-0.25, -0.2) is 0 Å². The summed E-state index contributed by atoms with van der Waals surface area (Å²) in [6.45, 7) is 5.12. The van der Waals surface area contributed by atoms with Crippen LogP contribution in [0.2, 0.25) is 0 Å². The summed E-state index contributed by atoms with van der Waals surface area (Å²) in [5, 5.41) is 2.85. The molecule has 0 aromatic heterocycles. The maximum absolute atomic E-state index is 11.6. The van der Waals surface area contributed by atoms with Gasteiger partial charge in [0.1, 0.15) is 0 Å². The van der Waals surface area contributed by atoms with E-state index in [0.29, 0.717) is 13.2 Å². The molecule has 5 heteroatoms. The molecule has 0 radical (unpaired) electrons. The average Bonchev–Trinajstić information content (AvgIpc) is 2.33. The van der Waals surface area contributed by atoms with Crippen molar-refractivity contribution < 1.29 is 9.53 Å². The molecule has 3 N–H and O–H groups in total. The molecule has 0 bridgehead atoms. The molecule has 1 atom stereocenters. The lowest BCUT2D eigenvalue weighted by molar-refractivity contribution is -0.122. The zero-order chi connectivity index (χ0) is 13.1. The lowest BCUT2D eigenvalue weighted by Gasteiger charge is -2.17. The van der Waals surface area contributed by atoms with Crippen LogP contribution in [0.3, 0.4) is 0 Å². The highest BCUT2D eigenvalue weighted by atomic mass is 16.5. The molecule has 17 heavy (non-hydrogen) atoms. The van der Waals surface area contributed by atoms with Gasteiger partial charge in [-0.1, -0.05) is 19.8 Å². The Morgan fingerprint density at radius 1 is 1.47 bits per heavy atom. The third-order valence-corrected chi connectivity index (χ3v) is 2.68. The highest BCUT2D eigenvalue weighted by molar-refractivity contribution is 5.81. The van der Waals surface area contributed by atoms with E-state index in [9.17, 15) is 4.79 Å². The molecule has 0 aliphatic heterocycles. The van der Waals surface area contributed by atoms with E-state index in [-0.39, 0.29) is 11.9 Å². The normalized spacial score (nSPS) is 12.8. The molecular weight excluding hydrogens is 218 g/mol. The Bertz CT molecular complexity index is 200. The van der Waals surface area contributed by atoms with Crippen LogP contribution < -0.4 is 11.1 Å². The number of hydrogen-bond acceptors (Lipinski definition) is 4. The summed E-state index contributed by atoms with van der Waals surface area (Å²) in [5.41, 5.74) is 5.75. The number of nitrogens with two attached hydrogens (primary N) is 1. The number of rotatable bonds is 10. The van der Waals surface area contributed by atoms with Crippen molar-refractivity contribution in [3.63, 3.8) is 0 Å². The predicted molar refractivity (Wildman–Crippen MR) is 69.9 cm³/mol. The standard InChI is InChI=1S/C12H27N3O2/c1-4-5-6-11(13)12(16)14-7-8-15(2)9-10-17-3/h11H,4-10,13H2,1-3H3,(H,14,16). The molecule has 0 rings (SSSR count). The number of carbonyl (C=O) groups is 1. The summed E-state index contributed by atoms with van der Waals surface area (Å²) in [7, 11) is 3.69. The van der Waals surface area contributed by atoms with E-state index in [0.717, 1.165) is 32.4 Å². The number of likely N-dealkylation sites (N-methyl/N-ethyl adjacent to an activating group) is 1. The molecule has 0 fully saturated rings. The van der Waals surface area contributed by atoms with Crippen LogP contribution >= 0.6 is 0 Å². The molecule has 0 aromatic carbocycles. The van der Waals surface area contributed by atoms with Gasteiger partial charge in [0.2, 0.25) is 5.91 Å². The molecule has 0 aliphatic rings. The molecule has 0 saturated carbocycles. The Balaban J connectivity index is 3.55. The lowest BCUT2D eigenvalue weighted by Crippen LogP contribution is -2.43. The van der Waals surface area contributed by atoms with Crippen molar-refractivity contribution in [2.75, 3.05) is 40.4 Å². The van der Waals surface area contributed by atoms with Gasteiger partial charge in [0, 0.05) is 26.7 Å². The number of methoxy groups -OCH3 is 1. The molecule has 0 spiro atoms. The number of nitrogens with one attached hydrogen (secondary N) is 1. The predicted octanol–water partition coefficient (Wildman–Crippen LogP) is 0.198. The second kappa shape index (κ2) is 10.5. The number of ether oxygens (including phenoxy) is 1. The van der Waals surface area contributed by atoms with Crippen LogP contribution in [0.5, 0.6) is 0 Å². The van der Waals surface area contributed by atoms with E-state index in [1.165, 1.54) is 0 Å². The highest BCUT2D eigenvalue weighted by Gasteiger charge is 2.11. The number of carbonyl (C=O) groups excluding carboxylic acids is 1. The van der Waals surface area contributed by atoms with Gasteiger partial charge in [0.25, 0.3) is 0 Å². The van der Waals surface area contributed by atoms with E-state index in [2.05, 4.69) is 17.1 Å². The second-order valence-corrected chi connectivity index (χ2v) is 4.34. The molecule has 0 saturated heterocycles. The van der Waals surface area contributed by atoms with Crippen molar-refractivity contribution in [1.82, 2.24) is 10.2 Å². The largest absolute Gasteiger partial charge is 0.383 e. The van der Waals surface area contributed by atoms with Gasteiger partial charge < -0.3 is 20.7 Å². The fourth-order valence-electron chi connectivity index (χ4n) is 1.42. The minimum absolute atomic E-state index is 0.0430. The van der Waals surface area contributed by atoms with Crippen molar-refractivity contribution in [1.29, 1.82) is 0 Å². The van der Waals surface area contributed by atoms with Crippen LogP contribution in [0.25, 0.3) is 0 Å². The quantitative estimate of drug-likeness (QED) is 0.577. The smallest absolute Gasteiger partial charge is 0.236 e.